The minimum absolute atomic E-state index is 0.451. The molecular weight excluding hydrogens is 260 g/mol. The lowest BCUT2D eigenvalue weighted by Gasteiger charge is -2.18. The molecular formula is C17H26N4. The third kappa shape index (κ3) is 4.67. The highest BCUT2D eigenvalue weighted by atomic mass is 15.3. The molecule has 0 aliphatic heterocycles. The molecule has 0 bridgehead atoms. The van der Waals surface area contributed by atoms with Crippen LogP contribution in [0.15, 0.2) is 30.6 Å². The predicted octanol–water partition coefficient (Wildman–Crippen LogP) is 2.67. The summed E-state index contributed by atoms with van der Waals surface area (Å²) in [5.41, 5.74) is 2.82. The molecule has 21 heavy (non-hydrogen) atoms. The van der Waals surface area contributed by atoms with E-state index in [0.29, 0.717) is 6.04 Å². The third-order valence-electron chi connectivity index (χ3n) is 3.94. The Morgan fingerprint density at radius 2 is 2.10 bits per heavy atom. The summed E-state index contributed by atoms with van der Waals surface area (Å²) in [7, 11) is 1.96. The van der Waals surface area contributed by atoms with E-state index in [1.165, 1.54) is 11.1 Å². The third-order valence-corrected chi connectivity index (χ3v) is 3.94. The van der Waals surface area contributed by atoms with Crippen molar-refractivity contribution < 1.29 is 0 Å². The van der Waals surface area contributed by atoms with Crippen molar-refractivity contribution in [3.05, 3.63) is 47.5 Å². The van der Waals surface area contributed by atoms with E-state index in [4.69, 9.17) is 0 Å². The van der Waals surface area contributed by atoms with Crippen LogP contribution in [0, 0.1) is 6.92 Å². The second kappa shape index (κ2) is 7.93. The van der Waals surface area contributed by atoms with E-state index in [1.54, 1.807) is 6.33 Å². The number of rotatable bonds is 8. The van der Waals surface area contributed by atoms with E-state index in [2.05, 4.69) is 53.5 Å². The minimum Gasteiger partial charge on any atom is -0.314 e. The fourth-order valence-corrected chi connectivity index (χ4v) is 2.57. The Labute approximate surface area is 127 Å². The summed E-state index contributed by atoms with van der Waals surface area (Å²) in [5.74, 6) is 1.05. The van der Waals surface area contributed by atoms with Gasteiger partial charge in [0.15, 0.2) is 0 Å². The molecule has 2 aromatic rings. The molecule has 0 spiro atoms. The van der Waals surface area contributed by atoms with Crippen LogP contribution in [-0.4, -0.2) is 27.4 Å². The van der Waals surface area contributed by atoms with Crippen LogP contribution in [0.5, 0.6) is 0 Å². The maximum absolute atomic E-state index is 4.35. The monoisotopic (exact) mass is 286 g/mol. The summed E-state index contributed by atoms with van der Waals surface area (Å²) < 4.78 is 1.87. The molecule has 0 fully saturated rings. The van der Waals surface area contributed by atoms with Crippen molar-refractivity contribution in [2.45, 2.75) is 45.6 Å². The molecule has 0 radical (unpaired) electrons. The highest BCUT2D eigenvalue weighted by Crippen LogP contribution is 2.12. The normalized spacial score (nSPS) is 12.5. The Hall–Kier alpha value is -1.68. The van der Waals surface area contributed by atoms with Crippen LogP contribution in [0.3, 0.4) is 0 Å². The predicted molar refractivity (Wildman–Crippen MR) is 86.3 cm³/mol. The molecule has 1 aromatic carbocycles. The first-order valence-corrected chi connectivity index (χ1v) is 7.81. The Morgan fingerprint density at radius 1 is 1.29 bits per heavy atom. The van der Waals surface area contributed by atoms with Crippen molar-refractivity contribution in [2.75, 3.05) is 6.54 Å². The topological polar surface area (TPSA) is 42.7 Å². The minimum atomic E-state index is 0.451. The Bertz CT molecular complexity index is 547. The summed E-state index contributed by atoms with van der Waals surface area (Å²) in [5, 5.41) is 7.80. The molecule has 1 heterocycles. The average Bonchev–Trinajstić information content (AvgIpc) is 2.88. The lowest BCUT2D eigenvalue weighted by atomic mass is 9.99. The van der Waals surface area contributed by atoms with Gasteiger partial charge in [0.25, 0.3) is 0 Å². The summed E-state index contributed by atoms with van der Waals surface area (Å²) in [6.07, 6.45) is 5.94. The summed E-state index contributed by atoms with van der Waals surface area (Å²) in [6, 6.07) is 9.10. The van der Waals surface area contributed by atoms with Crippen molar-refractivity contribution in [2.24, 2.45) is 7.05 Å². The van der Waals surface area contributed by atoms with Gasteiger partial charge in [0, 0.05) is 19.5 Å². The SMILES string of the molecule is CCCNC(CCc1ccccc1C)Cc1ncnn1C. The van der Waals surface area contributed by atoms with Gasteiger partial charge in [0.2, 0.25) is 0 Å². The zero-order valence-electron chi connectivity index (χ0n) is 13.3. The molecule has 1 unspecified atom stereocenters. The quantitative estimate of drug-likeness (QED) is 0.811. The molecule has 2 rings (SSSR count). The van der Waals surface area contributed by atoms with E-state index < -0.39 is 0 Å². The first-order valence-electron chi connectivity index (χ1n) is 7.81. The number of nitrogens with zero attached hydrogens (tertiary/aromatic N) is 3. The van der Waals surface area contributed by atoms with Gasteiger partial charge in [-0.25, -0.2) is 4.98 Å². The van der Waals surface area contributed by atoms with Crippen molar-refractivity contribution >= 4 is 0 Å². The number of hydrogen-bond acceptors (Lipinski definition) is 3. The second-order valence-corrected chi connectivity index (χ2v) is 5.62. The van der Waals surface area contributed by atoms with Gasteiger partial charge >= 0.3 is 0 Å². The molecule has 0 saturated carbocycles. The first kappa shape index (κ1) is 15.7. The summed E-state index contributed by atoms with van der Waals surface area (Å²) >= 11 is 0. The maximum atomic E-state index is 4.35. The van der Waals surface area contributed by atoms with E-state index in [1.807, 2.05) is 11.7 Å². The largest absolute Gasteiger partial charge is 0.314 e. The fraction of sp³-hybridized carbons (Fsp3) is 0.529. The van der Waals surface area contributed by atoms with Crippen molar-refractivity contribution in [3.8, 4) is 0 Å². The van der Waals surface area contributed by atoms with Crippen molar-refractivity contribution in [1.29, 1.82) is 0 Å². The Balaban J connectivity index is 1.96. The van der Waals surface area contributed by atoms with Crippen LogP contribution in [-0.2, 0) is 19.9 Å². The van der Waals surface area contributed by atoms with E-state index >= 15 is 0 Å². The van der Waals surface area contributed by atoms with Gasteiger partial charge in [-0.05, 0) is 43.9 Å². The summed E-state index contributed by atoms with van der Waals surface area (Å²) in [4.78, 5) is 4.35. The number of nitrogens with one attached hydrogen (secondary N) is 1. The Kier molecular flexibility index (Phi) is 5.93. The fourth-order valence-electron chi connectivity index (χ4n) is 2.57. The van der Waals surface area contributed by atoms with Crippen molar-refractivity contribution in [1.82, 2.24) is 20.1 Å². The lowest BCUT2D eigenvalue weighted by Crippen LogP contribution is -2.33. The number of aryl methyl sites for hydroxylation is 3. The Morgan fingerprint density at radius 3 is 2.76 bits per heavy atom. The van der Waals surface area contributed by atoms with E-state index in [-0.39, 0.29) is 0 Å². The molecule has 1 atom stereocenters. The molecule has 4 nitrogen and oxygen atoms in total. The average molecular weight is 286 g/mol. The van der Waals surface area contributed by atoms with Crippen molar-refractivity contribution in [3.63, 3.8) is 0 Å². The van der Waals surface area contributed by atoms with Crippen LogP contribution in [0.1, 0.15) is 36.7 Å². The van der Waals surface area contributed by atoms with E-state index in [0.717, 1.165) is 38.1 Å². The molecule has 1 N–H and O–H groups in total. The van der Waals surface area contributed by atoms with Crippen LogP contribution >= 0.6 is 0 Å². The van der Waals surface area contributed by atoms with Gasteiger partial charge in [-0.3, -0.25) is 4.68 Å². The highest BCUT2D eigenvalue weighted by molar-refractivity contribution is 5.25. The lowest BCUT2D eigenvalue weighted by molar-refractivity contribution is 0.461. The molecule has 0 saturated heterocycles. The maximum Gasteiger partial charge on any atom is 0.138 e. The van der Waals surface area contributed by atoms with Gasteiger partial charge < -0.3 is 5.32 Å². The van der Waals surface area contributed by atoms with Crippen LogP contribution in [0.4, 0.5) is 0 Å². The smallest absolute Gasteiger partial charge is 0.138 e. The van der Waals surface area contributed by atoms with Gasteiger partial charge in [-0.1, -0.05) is 31.2 Å². The number of hydrogen-bond donors (Lipinski definition) is 1. The molecule has 0 amide bonds. The standard InChI is InChI=1S/C17H26N4/c1-4-11-18-16(12-17-19-13-20-21(17)3)10-9-15-8-6-5-7-14(15)2/h5-8,13,16,18H,4,9-12H2,1-3H3. The molecule has 0 aliphatic rings. The molecule has 114 valence electrons. The van der Waals surface area contributed by atoms with E-state index in [9.17, 15) is 0 Å². The zero-order valence-corrected chi connectivity index (χ0v) is 13.3. The van der Waals surface area contributed by atoms with Crippen LogP contribution < -0.4 is 5.32 Å². The second-order valence-electron chi connectivity index (χ2n) is 5.62. The number of benzene rings is 1. The summed E-state index contributed by atoms with van der Waals surface area (Å²) in [6.45, 7) is 5.44. The van der Waals surface area contributed by atoms with Gasteiger partial charge in [0.1, 0.15) is 12.2 Å². The first-order chi connectivity index (χ1) is 10.2. The van der Waals surface area contributed by atoms with Crippen LogP contribution in [0.2, 0.25) is 0 Å². The highest BCUT2D eigenvalue weighted by Gasteiger charge is 2.13. The molecule has 1 aromatic heterocycles. The number of aromatic nitrogens is 3. The van der Waals surface area contributed by atoms with Crippen LogP contribution in [0.25, 0.3) is 0 Å². The van der Waals surface area contributed by atoms with Gasteiger partial charge in [-0.15, -0.1) is 0 Å². The van der Waals surface area contributed by atoms with Gasteiger partial charge in [-0.2, -0.15) is 5.10 Å². The zero-order chi connectivity index (χ0) is 15.1. The van der Waals surface area contributed by atoms with Gasteiger partial charge in [0.05, 0.1) is 0 Å². The molecule has 0 aliphatic carbocycles. The molecule has 4 heteroatoms.